The van der Waals surface area contributed by atoms with Crippen molar-refractivity contribution in [3.8, 4) is 17.2 Å². The second-order valence-electron chi connectivity index (χ2n) is 4.27. The zero-order chi connectivity index (χ0) is 12.4. The standard InChI is InChI=1S/C15H16O2/c1-10-7-8-11(2)15(9-10)17-14-6-4-5-13(16)12(14)3/h4-9,16H,1-3H3. The maximum Gasteiger partial charge on any atom is 0.134 e. The van der Waals surface area contributed by atoms with Gasteiger partial charge in [-0.05, 0) is 50.1 Å². The maximum atomic E-state index is 9.62. The molecule has 0 aromatic heterocycles. The highest BCUT2D eigenvalue weighted by molar-refractivity contribution is 5.46. The molecule has 0 saturated carbocycles. The number of rotatable bonds is 2. The first kappa shape index (κ1) is 11.5. The summed E-state index contributed by atoms with van der Waals surface area (Å²) in [7, 11) is 0. The van der Waals surface area contributed by atoms with E-state index in [0.29, 0.717) is 5.75 Å². The Labute approximate surface area is 101 Å². The molecule has 2 aromatic carbocycles. The van der Waals surface area contributed by atoms with Gasteiger partial charge in [-0.15, -0.1) is 0 Å². The predicted molar refractivity (Wildman–Crippen MR) is 68.8 cm³/mol. The first-order chi connectivity index (χ1) is 8.08. The number of ether oxygens (including phenoxy) is 1. The number of hydrogen-bond donors (Lipinski definition) is 1. The third kappa shape index (κ3) is 2.41. The fourth-order valence-corrected chi connectivity index (χ4v) is 1.65. The highest BCUT2D eigenvalue weighted by atomic mass is 16.5. The van der Waals surface area contributed by atoms with Gasteiger partial charge in [0.1, 0.15) is 17.2 Å². The van der Waals surface area contributed by atoms with Crippen molar-refractivity contribution in [2.45, 2.75) is 20.8 Å². The van der Waals surface area contributed by atoms with Crippen LogP contribution < -0.4 is 4.74 Å². The van der Waals surface area contributed by atoms with Gasteiger partial charge in [-0.3, -0.25) is 0 Å². The lowest BCUT2D eigenvalue weighted by Gasteiger charge is -2.12. The minimum absolute atomic E-state index is 0.257. The molecule has 0 heterocycles. The fourth-order valence-electron chi connectivity index (χ4n) is 1.65. The predicted octanol–water partition coefficient (Wildman–Crippen LogP) is 4.11. The van der Waals surface area contributed by atoms with E-state index >= 15 is 0 Å². The van der Waals surface area contributed by atoms with Gasteiger partial charge in [-0.1, -0.05) is 18.2 Å². The molecule has 0 atom stereocenters. The lowest BCUT2D eigenvalue weighted by molar-refractivity contribution is 0.446. The van der Waals surface area contributed by atoms with Crippen LogP contribution in [0.1, 0.15) is 16.7 Å². The minimum Gasteiger partial charge on any atom is -0.508 e. The van der Waals surface area contributed by atoms with Crippen molar-refractivity contribution < 1.29 is 9.84 Å². The van der Waals surface area contributed by atoms with Crippen LogP contribution >= 0.6 is 0 Å². The maximum absolute atomic E-state index is 9.62. The van der Waals surface area contributed by atoms with E-state index in [-0.39, 0.29) is 5.75 Å². The number of benzene rings is 2. The van der Waals surface area contributed by atoms with Crippen molar-refractivity contribution in [2.24, 2.45) is 0 Å². The molecule has 0 aliphatic heterocycles. The van der Waals surface area contributed by atoms with Gasteiger partial charge in [0.2, 0.25) is 0 Å². The monoisotopic (exact) mass is 228 g/mol. The second-order valence-corrected chi connectivity index (χ2v) is 4.27. The lowest BCUT2D eigenvalue weighted by Crippen LogP contribution is -1.91. The van der Waals surface area contributed by atoms with Crippen LogP contribution in [0, 0.1) is 20.8 Å². The summed E-state index contributed by atoms with van der Waals surface area (Å²) in [6.45, 7) is 5.88. The fraction of sp³-hybridized carbons (Fsp3) is 0.200. The highest BCUT2D eigenvalue weighted by Crippen LogP contribution is 2.32. The Kier molecular flexibility index (Phi) is 3.05. The van der Waals surface area contributed by atoms with E-state index in [0.717, 1.165) is 22.4 Å². The Morgan fingerprint density at radius 3 is 2.47 bits per heavy atom. The number of aromatic hydroxyl groups is 1. The van der Waals surface area contributed by atoms with Gasteiger partial charge in [-0.25, -0.2) is 0 Å². The SMILES string of the molecule is Cc1ccc(C)c(Oc2cccc(O)c2C)c1. The number of hydrogen-bond acceptors (Lipinski definition) is 2. The van der Waals surface area contributed by atoms with Crippen LogP contribution in [0.5, 0.6) is 17.2 Å². The topological polar surface area (TPSA) is 29.5 Å². The molecule has 0 spiro atoms. The van der Waals surface area contributed by atoms with Gasteiger partial charge < -0.3 is 9.84 Å². The largest absolute Gasteiger partial charge is 0.508 e. The number of phenols is 1. The van der Waals surface area contributed by atoms with Crippen LogP contribution in [0.2, 0.25) is 0 Å². The van der Waals surface area contributed by atoms with Crippen molar-refractivity contribution in [3.05, 3.63) is 53.1 Å². The van der Waals surface area contributed by atoms with E-state index in [9.17, 15) is 5.11 Å². The molecule has 0 unspecified atom stereocenters. The molecule has 2 aromatic rings. The van der Waals surface area contributed by atoms with Gasteiger partial charge in [0.25, 0.3) is 0 Å². The van der Waals surface area contributed by atoms with Gasteiger partial charge in [0.05, 0.1) is 0 Å². The van der Waals surface area contributed by atoms with Gasteiger partial charge in [0, 0.05) is 5.56 Å². The summed E-state index contributed by atoms with van der Waals surface area (Å²) >= 11 is 0. The molecule has 1 N–H and O–H groups in total. The molecule has 0 radical (unpaired) electrons. The van der Waals surface area contributed by atoms with Gasteiger partial charge in [0.15, 0.2) is 0 Å². The summed E-state index contributed by atoms with van der Waals surface area (Å²) in [5.74, 6) is 1.78. The molecule has 0 bridgehead atoms. The third-order valence-corrected chi connectivity index (χ3v) is 2.82. The lowest BCUT2D eigenvalue weighted by atomic mass is 10.1. The quantitative estimate of drug-likeness (QED) is 0.838. The molecule has 88 valence electrons. The molecule has 2 rings (SSSR count). The van der Waals surface area contributed by atoms with Gasteiger partial charge in [-0.2, -0.15) is 0 Å². The molecule has 0 aliphatic rings. The van der Waals surface area contributed by atoms with E-state index in [1.807, 2.05) is 39.0 Å². The zero-order valence-electron chi connectivity index (χ0n) is 10.3. The Morgan fingerprint density at radius 1 is 0.941 bits per heavy atom. The van der Waals surface area contributed by atoms with Crippen LogP contribution in [0.25, 0.3) is 0 Å². The van der Waals surface area contributed by atoms with E-state index in [2.05, 4.69) is 6.07 Å². The Balaban J connectivity index is 2.38. The smallest absolute Gasteiger partial charge is 0.134 e. The second kappa shape index (κ2) is 4.50. The summed E-state index contributed by atoms with van der Waals surface area (Å²) in [6.07, 6.45) is 0. The Hall–Kier alpha value is -1.96. The van der Waals surface area contributed by atoms with Crippen molar-refractivity contribution in [1.29, 1.82) is 0 Å². The highest BCUT2D eigenvalue weighted by Gasteiger charge is 2.06. The van der Waals surface area contributed by atoms with Crippen LogP contribution in [0.15, 0.2) is 36.4 Å². The number of phenolic OH excluding ortho intramolecular Hbond substituents is 1. The molecule has 2 nitrogen and oxygen atoms in total. The van der Waals surface area contributed by atoms with E-state index in [4.69, 9.17) is 4.74 Å². The van der Waals surface area contributed by atoms with Crippen LogP contribution in [-0.2, 0) is 0 Å². The van der Waals surface area contributed by atoms with E-state index in [1.165, 1.54) is 0 Å². The summed E-state index contributed by atoms with van der Waals surface area (Å²) in [5.41, 5.74) is 3.00. The van der Waals surface area contributed by atoms with Gasteiger partial charge >= 0.3 is 0 Å². The van der Waals surface area contributed by atoms with E-state index < -0.39 is 0 Å². The Bertz CT molecular complexity index is 545. The molecule has 0 fully saturated rings. The Morgan fingerprint density at radius 2 is 1.71 bits per heavy atom. The average Bonchev–Trinajstić information content (AvgIpc) is 2.30. The molecule has 0 amide bonds. The van der Waals surface area contributed by atoms with Crippen molar-refractivity contribution in [3.63, 3.8) is 0 Å². The molecular formula is C15H16O2. The number of aryl methyl sites for hydroxylation is 2. The first-order valence-electron chi connectivity index (χ1n) is 5.61. The van der Waals surface area contributed by atoms with Crippen molar-refractivity contribution in [1.82, 2.24) is 0 Å². The van der Waals surface area contributed by atoms with Crippen LogP contribution in [0.4, 0.5) is 0 Å². The molecule has 2 heteroatoms. The normalized spacial score (nSPS) is 10.3. The minimum atomic E-state index is 0.257. The molecule has 0 aliphatic carbocycles. The average molecular weight is 228 g/mol. The zero-order valence-corrected chi connectivity index (χ0v) is 10.3. The van der Waals surface area contributed by atoms with Crippen LogP contribution in [-0.4, -0.2) is 5.11 Å². The summed E-state index contributed by atoms with van der Waals surface area (Å²) < 4.78 is 5.84. The molecular weight excluding hydrogens is 212 g/mol. The molecule has 17 heavy (non-hydrogen) atoms. The van der Waals surface area contributed by atoms with E-state index in [1.54, 1.807) is 12.1 Å². The van der Waals surface area contributed by atoms with Crippen LogP contribution in [0.3, 0.4) is 0 Å². The summed E-state index contributed by atoms with van der Waals surface area (Å²) in [5, 5.41) is 9.62. The van der Waals surface area contributed by atoms with Crippen molar-refractivity contribution in [2.75, 3.05) is 0 Å². The summed E-state index contributed by atoms with van der Waals surface area (Å²) in [4.78, 5) is 0. The molecule has 0 saturated heterocycles. The first-order valence-corrected chi connectivity index (χ1v) is 5.61. The van der Waals surface area contributed by atoms with Crippen molar-refractivity contribution >= 4 is 0 Å². The third-order valence-electron chi connectivity index (χ3n) is 2.82. The summed E-state index contributed by atoms with van der Waals surface area (Å²) in [6, 6.07) is 11.4.